The molecule has 0 bridgehead atoms. The monoisotopic (exact) mass is 689 g/mol. The number of anilines is 3. The van der Waals surface area contributed by atoms with Crippen LogP contribution in [0.4, 0.5) is 17.1 Å². The van der Waals surface area contributed by atoms with Crippen molar-refractivity contribution >= 4 is 49.6 Å². The summed E-state index contributed by atoms with van der Waals surface area (Å²) >= 11 is 0. The lowest BCUT2D eigenvalue weighted by Gasteiger charge is -2.26. The van der Waals surface area contributed by atoms with Crippen LogP contribution in [0.15, 0.2) is 217 Å². The van der Waals surface area contributed by atoms with Gasteiger partial charge in [0.05, 0.1) is 0 Å². The van der Waals surface area contributed by atoms with Gasteiger partial charge < -0.3 is 9.32 Å². The van der Waals surface area contributed by atoms with Crippen LogP contribution in [-0.4, -0.2) is 0 Å². The number of rotatable bonds is 7. The van der Waals surface area contributed by atoms with Gasteiger partial charge in [0.25, 0.3) is 0 Å². The van der Waals surface area contributed by atoms with E-state index in [0.717, 1.165) is 50.5 Å². The van der Waals surface area contributed by atoms with E-state index in [1.807, 2.05) is 6.07 Å². The largest absolute Gasteiger partial charge is 0.455 e. The van der Waals surface area contributed by atoms with Crippen LogP contribution in [0.3, 0.4) is 0 Å². The van der Waals surface area contributed by atoms with E-state index >= 15 is 0 Å². The topological polar surface area (TPSA) is 16.4 Å². The van der Waals surface area contributed by atoms with Gasteiger partial charge in [-0.05, 0) is 91.8 Å². The number of furan rings is 1. The summed E-state index contributed by atoms with van der Waals surface area (Å²) in [4.78, 5) is 2.35. The summed E-state index contributed by atoms with van der Waals surface area (Å²) in [5.41, 5.74) is 12.1. The normalized spacial score (nSPS) is 11.3. The molecule has 2 heteroatoms. The first-order chi connectivity index (χ1) is 26.8. The molecule has 0 saturated heterocycles. The van der Waals surface area contributed by atoms with Gasteiger partial charge in [0, 0.05) is 33.6 Å². The molecule has 9 aromatic carbocycles. The second kappa shape index (κ2) is 13.4. The standard InChI is InChI=1S/C52H35NO/c1-3-12-36(13-4-1)37-22-24-38(25-23-37)39-28-30-44(31-29-39)53(46-32-33-48-42(34-46)27-26-40-14-7-8-19-47(40)48)45-18-11-17-43(35-45)52-51(41-15-5-2-6-16-41)49-20-9-10-21-50(49)54-52/h1-35H. The van der Waals surface area contributed by atoms with Gasteiger partial charge in [-0.1, -0.05) is 170 Å². The summed E-state index contributed by atoms with van der Waals surface area (Å²) in [6.07, 6.45) is 0. The number of hydrogen-bond donors (Lipinski definition) is 0. The van der Waals surface area contributed by atoms with E-state index in [0.29, 0.717) is 0 Å². The zero-order valence-corrected chi connectivity index (χ0v) is 29.6. The van der Waals surface area contributed by atoms with E-state index in [2.05, 4.69) is 211 Å². The molecule has 54 heavy (non-hydrogen) atoms. The van der Waals surface area contributed by atoms with Gasteiger partial charge in [0.15, 0.2) is 0 Å². The first kappa shape index (κ1) is 31.6. The third-order valence-corrected chi connectivity index (χ3v) is 10.5. The molecule has 2 nitrogen and oxygen atoms in total. The van der Waals surface area contributed by atoms with Gasteiger partial charge in [-0.2, -0.15) is 0 Å². The summed E-state index contributed by atoms with van der Waals surface area (Å²) in [5.74, 6) is 0.864. The lowest BCUT2D eigenvalue weighted by molar-refractivity contribution is 0.632. The zero-order chi connectivity index (χ0) is 35.8. The fraction of sp³-hybridized carbons (Fsp3) is 0. The van der Waals surface area contributed by atoms with Crippen molar-refractivity contribution < 1.29 is 4.42 Å². The number of para-hydroxylation sites is 1. The maximum absolute atomic E-state index is 6.67. The average molecular weight is 690 g/mol. The average Bonchev–Trinajstić information content (AvgIpc) is 3.65. The molecule has 10 aromatic rings. The molecule has 1 heterocycles. The predicted molar refractivity (Wildman–Crippen MR) is 228 cm³/mol. The quantitative estimate of drug-likeness (QED) is 0.155. The minimum Gasteiger partial charge on any atom is -0.455 e. The Hall–Kier alpha value is -7.16. The lowest BCUT2D eigenvalue weighted by atomic mass is 9.98. The Labute approximate surface area is 314 Å². The van der Waals surface area contributed by atoms with Crippen molar-refractivity contribution in [3.63, 3.8) is 0 Å². The molecule has 0 aliphatic rings. The number of benzene rings is 9. The van der Waals surface area contributed by atoms with Crippen molar-refractivity contribution in [2.45, 2.75) is 0 Å². The summed E-state index contributed by atoms with van der Waals surface area (Å²) < 4.78 is 6.67. The minimum absolute atomic E-state index is 0.864. The Morgan fingerprint density at radius 1 is 0.296 bits per heavy atom. The molecule has 0 unspecified atom stereocenters. The molecular formula is C52H35NO. The minimum atomic E-state index is 0.864. The molecule has 10 rings (SSSR count). The highest BCUT2D eigenvalue weighted by atomic mass is 16.3. The zero-order valence-electron chi connectivity index (χ0n) is 29.6. The molecule has 0 N–H and O–H groups in total. The van der Waals surface area contributed by atoms with E-state index in [1.165, 1.54) is 43.8 Å². The Morgan fingerprint density at radius 2 is 0.815 bits per heavy atom. The lowest BCUT2D eigenvalue weighted by Crippen LogP contribution is -2.10. The van der Waals surface area contributed by atoms with Crippen LogP contribution in [0, 0.1) is 0 Å². The van der Waals surface area contributed by atoms with E-state index in [4.69, 9.17) is 4.42 Å². The van der Waals surface area contributed by atoms with E-state index in [1.54, 1.807) is 0 Å². The molecule has 0 aliphatic heterocycles. The van der Waals surface area contributed by atoms with Crippen LogP contribution in [0.1, 0.15) is 0 Å². The van der Waals surface area contributed by atoms with Gasteiger partial charge in [-0.3, -0.25) is 0 Å². The third kappa shape index (κ3) is 5.71. The van der Waals surface area contributed by atoms with E-state index in [9.17, 15) is 0 Å². The van der Waals surface area contributed by atoms with Gasteiger partial charge in [-0.15, -0.1) is 0 Å². The fourth-order valence-corrected chi connectivity index (χ4v) is 7.80. The van der Waals surface area contributed by atoms with Crippen LogP contribution < -0.4 is 4.90 Å². The predicted octanol–water partition coefficient (Wildman–Crippen LogP) is 14.9. The highest BCUT2D eigenvalue weighted by Crippen LogP contribution is 2.44. The van der Waals surface area contributed by atoms with Crippen LogP contribution in [0.2, 0.25) is 0 Å². The Kier molecular flexibility index (Phi) is 7.85. The first-order valence-electron chi connectivity index (χ1n) is 18.4. The van der Waals surface area contributed by atoms with Crippen molar-refractivity contribution in [1.29, 1.82) is 0 Å². The fourth-order valence-electron chi connectivity index (χ4n) is 7.80. The molecule has 0 amide bonds. The van der Waals surface area contributed by atoms with Crippen molar-refractivity contribution in [1.82, 2.24) is 0 Å². The Balaban J connectivity index is 1.10. The molecule has 0 radical (unpaired) electrons. The van der Waals surface area contributed by atoms with Crippen LogP contribution in [-0.2, 0) is 0 Å². The van der Waals surface area contributed by atoms with Crippen LogP contribution >= 0.6 is 0 Å². The molecule has 0 saturated carbocycles. The second-order valence-corrected chi connectivity index (χ2v) is 13.7. The number of hydrogen-bond acceptors (Lipinski definition) is 2. The summed E-state index contributed by atoms with van der Waals surface area (Å²) in [7, 11) is 0. The molecule has 0 aliphatic carbocycles. The molecule has 0 atom stereocenters. The summed E-state index contributed by atoms with van der Waals surface area (Å²) in [5, 5.41) is 6.06. The van der Waals surface area contributed by atoms with Gasteiger partial charge in [0.2, 0.25) is 0 Å². The molecule has 254 valence electrons. The molecule has 0 fully saturated rings. The van der Waals surface area contributed by atoms with Crippen LogP contribution in [0.5, 0.6) is 0 Å². The number of fused-ring (bicyclic) bond motifs is 4. The van der Waals surface area contributed by atoms with Crippen LogP contribution in [0.25, 0.3) is 77.2 Å². The van der Waals surface area contributed by atoms with Gasteiger partial charge in [0.1, 0.15) is 11.3 Å². The first-order valence-corrected chi connectivity index (χ1v) is 18.4. The second-order valence-electron chi connectivity index (χ2n) is 13.7. The molecular weight excluding hydrogens is 655 g/mol. The van der Waals surface area contributed by atoms with Gasteiger partial charge in [-0.25, -0.2) is 0 Å². The summed E-state index contributed by atoms with van der Waals surface area (Å²) in [6.45, 7) is 0. The highest BCUT2D eigenvalue weighted by Gasteiger charge is 2.20. The SMILES string of the molecule is c1ccc(-c2ccc(-c3ccc(N(c4cccc(-c5oc6ccccc6c5-c5ccccc5)c4)c4ccc5c(ccc6ccccc65)c4)cc3)cc2)cc1. The maximum atomic E-state index is 6.67. The van der Waals surface area contributed by atoms with Crippen molar-refractivity contribution in [3.05, 3.63) is 212 Å². The van der Waals surface area contributed by atoms with Crippen molar-refractivity contribution in [2.24, 2.45) is 0 Å². The summed E-state index contributed by atoms with van der Waals surface area (Å²) in [6, 6.07) is 75.8. The molecule has 1 aromatic heterocycles. The smallest absolute Gasteiger partial charge is 0.143 e. The Morgan fingerprint density at radius 3 is 1.56 bits per heavy atom. The molecule has 0 spiro atoms. The maximum Gasteiger partial charge on any atom is 0.143 e. The van der Waals surface area contributed by atoms with E-state index in [-0.39, 0.29) is 0 Å². The third-order valence-electron chi connectivity index (χ3n) is 10.5. The van der Waals surface area contributed by atoms with Crippen molar-refractivity contribution in [3.8, 4) is 44.7 Å². The van der Waals surface area contributed by atoms with Crippen molar-refractivity contribution in [2.75, 3.05) is 4.90 Å². The Bertz CT molecular complexity index is 2910. The van der Waals surface area contributed by atoms with Gasteiger partial charge >= 0.3 is 0 Å². The highest BCUT2D eigenvalue weighted by molar-refractivity contribution is 6.09. The number of nitrogens with zero attached hydrogens (tertiary/aromatic N) is 1. The van der Waals surface area contributed by atoms with E-state index < -0.39 is 0 Å².